The van der Waals surface area contributed by atoms with Gasteiger partial charge in [0.05, 0.1) is 0 Å². The molecule has 3 heteroatoms. The van der Waals surface area contributed by atoms with Crippen molar-refractivity contribution in [1.82, 2.24) is 9.91 Å². The molecule has 0 unspecified atom stereocenters. The van der Waals surface area contributed by atoms with E-state index in [0.29, 0.717) is 0 Å². The van der Waals surface area contributed by atoms with Gasteiger partial charge in [0.25, 0.3) is 0 Å². The second-order valence-corrected chi connectivity index (χ2v) is 3.75. The largest absolute Gasteiger partial charge is 0.305 e. The number of likely N-dealkylation sites (N-methyl/N-ethyl adjacent to an activating group) is 1. The van der Waals surface area contributed by atoms with Crippen molar-refractivity contribution in [2.45, 2.75) is 25.7 Å². The molecule has 0 spiro atoms. The van der Waals surface area contributed by atoms with Crippen molar-refractivity contribution in [3.63, 3.8) is 0 Å². The SMILES string of the molecule is CN1CCCCCCN(N)CC1. The van der Waals surface area contributed by atoms with Crippen LogP contribution in [0.2, 0.25) is 0 Å². The lowest BCUT2D eigenvalue weighted by Gasteiger charge is -2.23. The van der Waals surface area contributed by atoms with E-state index < -0.39 is 0 Å². The molecule has 0 radical (unpaired) electrons. The van der Waals surface area contributed by atoms with Gasteiger partial charge in [-0.2, -0.15) is 0 Å². The van der Waals surface area contributed by atoms with E-state index in [-0.39, 0.29) is 0 Å². The standard InChI is InChI=1S/C9H21N3/c1-11-6-4-2-3-5-7-12(10)9-8-11/h2-10H2,1H3. The number of rotatable bonds is 0. The van der Waals surface area contributed by atoms with Crippen molar-refractivity contribution in [1.29, 1.82) is 0 Å². The first-order valence-electron chi connectivity index (χ1n) is 4.97. The third-order valence-corrected chi connectivity index (χ3v) is 2.50. The Morgan fingerprint density at radius 2 is 1.50 bits per heavy atom. The van der Waals surface area contributed by atoms with E-state index in [0.717, 1.165) is 19.6 Å². The van der Waals surface area contributed by atoms with Crippen LogP contribution in [0.15, 0.2) is 0 Å². The summed E-state index contributed by atoms with van der Waals surface area (Å²) in [6.45, 7) is 4.41. The molecule has 1 rings (SSSR count). The minimum atomic E-state index is 1.01. The zero-order chi connectivity index (χ0) is 8.81. The Morgan fingerprint density at radius 1 is 0.833 bits per heavy atom. The van der Waals surface area contributed by atoms with E-state index in [1.54, 1.807) is 0 Å². The van der Waals surface area contributed by atoms with Crippen LogP contribution in [0.5, 0.6) is 0 Å². The average Bonchev–Trinajstić information content (AvgIpc) is 2.07. The summed E-state index contributed by atoms with van der Waals surface area (Å²) in [6, 6.07) is 0. The average molecular weight is 171 g/mol. The summed E-state index contributed by atoms with van der Waals surface area (Å²) < 4.78 is 0. The number of hydrazine groups is 1. The van der Waals surface area contributed by atoms with Gasteiger partial charge in [0.1, 0.15) is 0 Å². The van der Waals surface area contributed by atoms with E-state index in [1.165, 1.54) is 32.2 Å². The fourth-order valence-electron chi connectivity index (χ4n) is 1.57. The molecule has 1 fully saturated rings. The summed E-state index contributed by atoms with van der Waals surface area (Å²) >= 11 is 0. The Labute approximate surface area is 75.5 Å². The van der Waals surface area contributed by atoms with Crippen LogP contribution in [0.1, 0.15) is 25.7 Å². The first kappa shape index (κ1) is 9.96. The molecular weight excluding hydrogens is 150 g/mol. The molecule has 0 aromatic heterocycles. The molecule has 2 N–H and O–H groups in total. The fraction of sp³-hybridized carbons (Fsp3) is 1.00. The summed E-state index contributed by atoms with van der Waals surface area (Å²) in [6.07, 6.45) is 5.31. The predicted octanol–water partition coefficient (Wildman–Crippen LogP) is 0.668. The summed E-state index contributed by atoms with van der Waals surface area (Å²) in [5, 5.41) is 1.95. The van der Waals surface area contributed by atoms with Crippen LogP contribution in [0, 0.1) is 0 Å². The minimum absolute atomic E-state index is 1.01. The normalized spacial score (nSPS) is 25.5. The lowest BCUT2D eigenvalue weighted by molar-refractivity contribution is 0.213. The van der Waals surface area contributed by atoms with Crippen molar-refractivity contribution in [3.8, 4) is 0 Å². The lowest BCUT2D eigenvalue weighted by Crippen LogP contribution is -2.39. The highest BCUT2D eigenvalue weighted by Crippen LogP contribution is 2.03. The van der Waals surface area contributed by atoms with Gasteiger partial charge in [-0.05, 0) is 26.4 Å². The highest BCUT2D eigenvalue weighted by molar-refractivity contribution is 4.59. The molecule has 1 aliphatic rings. The third-order valence-electron chi connectivity index (χ3n) is 2.50. The smallest absolute Gasteiger partial charge is 0.0256 e. The topological polar surface area (TPSA) is 32.5 Å². The molecule has 0 bridgehead atoms. The Hall–Kier alpha value is -0.120. The summed E-state index contributed by atoms with van der Waals surface area (Å²) in [4.78, 5) is 2.37. The van der Waals surface area contributed by atoms with E-state index in [2.05, 4.69) is 11.9 Å². The van der Waals surface area contributed by atoms with E-state index in [4.69, 9.17) is 5.84 Å². The molecule has 0 saturated carbocycles. The lowest BCUT2D eigenvalue weighted by atomic mass is 10.2. The molecule has 0 aromatic carbocycles. The van der Waals surface area contributed by atoms with Gasteiger partial charge in [0, 0.05) is 19.6 Å². The number of nitrogens with zero attached hydrogens (tertiary/aromatic N) is 2. The maximum absolute atomic E-state index is 5.79. The summed E-state index contributed by atoms with van der Waals surface area (Å²) in [5.41, 5.74) is 0. The maximum Gasteiger partial charge on any atom is 0.0256 e. The molecule has 0 amide bonds. The second kappa shape index (κ2) is 5.51. The van der Waals surface area contributed by atoms with Gasteiger partial charge >= 0.3 is 0 Å². The van der Waals surface area contributed by atoms with Crippen LogP contribution in [-0.2, 0) is 0 Å². The predicted molar refractivity (Wildman–Crippen MR) is 51.7 cm³/mol. The summed E-state index contributed by atoms with van der Waals surface area (Å²) in [7, 11) is 2.18. The number of nitrogens with two attached hydrogens (primary N) is 1. The van der Waals surface area contributed by atoms with E-state index in [9.17, 15) is 0 Å². The van der Waals surface area contributed by atoms with Gasteiger partial charge in [-0.25, -0.2) is 5.01 Å². The zero-order valence-corrected chi connectivity index (χ0v) is 8.13. The second-order valence-electron chi connectivity index (χ2n) is 3.75. The molecule has 0 aromatic rings. The zero-order valence-electron chi connectivity index (χ0n) is 8.13. The van der Waals surface area contributed by atoms with Crippen molar-refractivity contribution in [2.75, 3.05) is 33.2 Å². The van der Waals surface area contributed by atoms with Crippen LogP contribution in [0.3, 0.4) is 0 Å². The summed E-state index contributed by atoms with van der Waals surface area (Å²) in [5.74, 6) is 5.79. The Kier molecular flexibility index (Phi) is 4.58. The van der Waals surface area contributed by atoms with Gasteiger partial charge < -0.3 is 4.90 Å². The fourth-order valence-corrected chi connectivity index (χ4v) is 1.57. The van der Waals surface area contributed by atoms with E-state index in [1.807, 2.05) is 5.01 Å². The van der Waals surface area contributed by atoms with Gasteiger partial charge in [-0.3, -0.25) is 5.84 Å². The van der Waals surface area contributed by atoms with Crippen LogP contribution in [0.4, 0.5) is 0 Å². The maximum atomic E-state index is 5.79. The Balaban J connectivity index is 2.23. The van der Waals surface area contributed by atoms with Gasteiger partial charge in [0.15, 0.2) is 0 Å². The van der Waals surface area contributed by atoms with Crippen LogP contribution in [0.25, 0.3) is 0 Å². The van der Waals surface area contributed by atoms with Crippen LogP contribution >= 0.6 is 0 Å². The van der Waals surface area contributed by atoms with Crippen molar-refractivity contribution in [3.05, 3.63) is 0 Å². The quantitative estimate of drug-likeness (QED) is 0.544. The Bertz CT molecular complexity index is 102. The highest BCUT2D eigenvalue weighted by Gasteiger charge is 2.04. The van der Waals surface area contributed by atoms with Gasteiger partial charge in [-0.1, -0.05) is 12.8 Å². The van der Waals surface area contributed by atoms with Crippen molar-refractivity contribution >= 4 is 0 Å². The molecule has 0 aliphatic carbocycles. The van der Waals surface area contributed by atoms with Crippen LogP contribution in [-0.4, -0.2) is 43.1 Å². The first-order valence-corrected chi connectivity index (χ1v) is 4.97. The van der Waals surface area contributed by atoms with Crippen LogP contribution < -0.4 is 5.84 Å². The van der Waals surface area contributed by atoms with Crippen molar-refractivity contribution in [2.24, 2.45) is 5.84 Å². The molecule has 1 heterocycles. The molecule has 1 saturated heterocycles. The van der Waals surface area contributed by atoms with Gasteiger partial charge in [0.2, 0.25) is 0 Å². The van der Waals surface area contributed by atoms with E-state index >= 15 is 0 Å². The molecule has 1 aliphatic heterocycles. The monoisotopic (exact) mass is 171 g/mol. The number of hydrogen-bond acceptors (Lipinski definition) is 3. The molecule has 12 heavy (non-hydrogen) atoms. The number of hydrogen-bond donors (Lipinski definition) is 1. The molecular formula is C9H21N3. The van der Waals surface area contributed by atoms with Crippen molar-refractivity contribution < 1.29 is 0 Å². The molecule has 3 nitrogen and oxygen atoms in total. The molecule has 0 atom stereocenters. The highest BCUT2D eigenvalue weighted by atomic mass is 15.4. The Morgan fingerprint density at radius 3 is 2.25 bits per heavy atom. The molecule has 72 valence electrons. The third kappa shape index (κ3) is 4.04. The van der Waals surface area contributed by atoms with Gasteiger partial charge in [-0.15, -0.1) is 0 Å². The first-order chi connectivity index (χ1) is 5.79. The minimum Gasteiger partial charge on any atom is -0.305 e.